The number of rotatable bonds is 8. The van der Waals surface area contributed by atoms with Crippen LogP contribution in [0.1, 0.15) is 71.6 Å². The highest BCUT2D eigenvalue weighted by atomic mass is 32.2. The third-order valence-electron chi connectivity index (χ3n) is 5.26. The van der Waals surface area contributed by atoms with Gasteiger partial charge in [0.2, 0.25) is 11.8 Å². The number of nitrogens with one attached hydrogen (secondary N) is 2. The number of hydrogen-bond acceptors (Lipinski definition) is 4. The first kappa shape index (κ1) is 26.8. The van der Waals surface area contributed by atoms with Crippen LogP contribution >= 0.6 is 11.8 Å². The van der Waals surface area contributed by atoms with Crippen LogP contribution in [-0.4, -0.2) is 28.4 Å². The molecule has 0 fully saturated rings. The van der Waals surface area contributed by atoms with Gasteiger partial charge in [-0.2, -0.15) is 11.8 Å². The van der Waals surface area contributed by atoms with Gasteiger partial charge in [0.05, 0.1) is 5.75 Å². The first-order valence-electron chi connectivity index (χ1n) is 11.4. The van der Waals surface area contributed by atoms with E-state index in [-0.39, 0.29) is 22.6 Å². The number of phenols is 1. The van der Waals surface area contributed by atoms with Gasteiger partial charge in [0.25, 0.3) is 0 Å². The van der Waals surface area contributed by atoms with Gasteiger partial charge in [0.1, 0.15) is 5.75 Å². The molecule has 0 unspecified atom stereocenters. The fraction of sp³-hybridized carbons (Fsp3) is 0.481. The zero-order valence-corrected chi connectivity index (χ0v) is 21.8. The third kappa shape index (κ3) is 8.43. The Balaban J connectivity index is 1.87. The lowest BCUT2D eigenvalue weighted by molar-refractivity contribution is -0.114. The average Bonchev–Trinajstić information content (AvgIpc) is 2.68. The highest BCUT2D eigenvalue weighted by Crippen LogP contribution is 2.40. The van der Waals surface area contributed by atoms with E-state index in [9.17, 15) is 14.7 Å². The van der Waals surface area contributed by atoms with Gasteiger partial charge in [-0.1, -0.05) is 53.7 Å². The van der Waals surface area contributed by atoms with Crippen molar-refractivity contribution in [2.75, 3.05) is 22.1 Å². The van der Waals surface area contributed by atoms with Crippen LogP contribution in [0.5, 0.6) is 5.75 Å². The van der Waals surface area contributed by atoms with Gasteiger partial charge in [-0.05, 0) is 70.4 Å². The zero-order valence-electron chi connectivity index (χ0n) is 21.0. The second-order valence-corrected chi connectivity index (χ2v) is 11.6. The van der Waals surface area contributed by atoms with Gasteiger partial charge in [0, 0.05) is 18.3 Å². The SMILES string of the molecule is CC(=O)Nc1ccc(NC(=O)CSCCCc2cc(C(C)(C)C)c(O)c(C(C)(C)C)c2)cc1. The molecule has 180 valence electrons. The topological polar surface area (TPSA) is 78.4 Å². The Morgan fingerprint density at radius 1 is 0.879 bits per heavy atom. The lowest BCUT2D eigenvalue weighted by atomic mass is 9.78. The molecule has 6 heteroatoms. The molecule has 2 aromatic carbocycles. The van der Waals surface area contributed by atoms with E-state index in [1.807, 2.05) is 0 Å². The number of hydrogen-bond donors (Lipinski definition) is 3. The molecule has 0 atom stereocenters. The van der Waals surface area contributed by atoms with Crippen LogP contribution < -0.4 is 10.6 Å². The van der Waals surface area contributed by atoms with Crippen LogP contribution in [0.4, 0.5) is 11.4 Å². The summed E-state index contributed by atoms with van der Waals surface area (Å²) < 4.78 is 0. The second-order valence-electron chi connectivity index (χ2n) is 10.5. The van der Waals surface area contributed by atoms with Gasteiger partial charge >= 0.3 is 0 Å². The smallest absolute Gasteiger partial charge is 0.234 e. The van der Waals surface area contributed by atoms with Gasteiger partial charge in [-0.25, -0.2) is 0 Å². The number of anilines is 2. The minimum Gasteiger partial charge on any atom is -0.507 e. The zero-order chi connectivity index (χ0) is 24.8. The Morgan fingerprint density at radius 3 is 1.82 bits per heavy atom. The van der Waals surface area contributed by atoms with Crippen molar-refractivity contribution in [3.05, 3.63) is 53.1 Å². The number of aromatic hydroxyl groups is 1. The van der Waals surface area contributed by atoms with E-state index in [1.165, 1.54) is 12.5 Å². The second kappa shape index (κ2) is 11.1. The molecule has 0 bridgehead atoms. The van der Waals surface area contributed by atoms with E-state index in [2.05, 4.69) is 64.3 Å². The van der Waals surface area contributed by atoms with Crippen molar-refractivity contribution >= 4 is 35.0 Å². The summed E-state index contributed by atoms with van der Waals surface area (Å²) >= 11 is 1.62. The molecule has 0 saturated carbocycles. The van der Waals surface area contributed by atoms with E-state index in [0.29, 0.717) is 22.9 Å². The van der Waals surface area contributed by atoms with Crippen LogP contribution in [0, 0.1) is 0 Å². The van der Waals surface area contributed by atoms with Crippen LogP contribution in [0.15, 0.2) is 36.4 Å². The Hall–Kier alpha value is -2.47. The maximum atomic E-state index is 12.2. The van der Waals surface area contributed by atoms with E-state index >= 15 is 0 Å². The summed E-state index contributed by atoms with van der Waals surface area (Å²) in [4.78, 5) is 23.3. The molecule has 5 nitrogen and oxygen atoms in total. The quantitative estimate of drug-likeness (QED) is 0.399. The van der Waals surface area contributed by atoms with Gasteiger partial charge in [0.15, 0.2) is 0 Å². The first-order chi connectivity index (χ1) is 15.3. The maximum absolute atomic E-state index is 12.2. The average molecular weight is 471 g/mol. The minimum atomic E-state index is -0.132. The summed E-state index contributed by atoms with van der Waals surface area (Å²) in [5, 5.41) is 16.5. The number of benzene rings is 2. The molecular weight excluding hydrogens is 432 g/mol. The van der Waals surface area contributed by atoms with Crippen LogP contribution in [0.3, 0.4) is 0 Å². The normalized spacial score (nSPS) is 11.8. The largest absolute Gasteiger partial charge is 0.507 e. The molecule has 0 aliphatic rings. The van der Waals surface area contributed by atoms with Crippen molar-refractivity contribution in [3.8, 4) is 5.75 Å². The van der Waals surface area contributed by atoms with Crippen molar-refractivity contribution in [1.82, 2.24) is 0 Å². The van der Waals surface area contributed by atoms with Crippen molar-refractivity contribution in [1.29, 1.82) is 0 Å². The molecule has 0 aromatic heterocycles. The fourth-order valence-electron chi connectivity index (χ4n) is 3.56. The van der Waals surface area contributed by atoms with Crippen LogP contribution in [-0.2, 0) is 26.8 Å². The molecule has 2 aromatic rings. The first-order valence-corrected chi connectivity index (χ1v) is 12.5. The summed E-state index contributed by atoms with van der Waals surface area (Å²) in [7, 11) is 0. The maximum Gasteiger partial charge on any atom is 0.234 e. The van der Waals surface area contributed by atoms with Gasteiger partial charge in [-0.3, -0.25) is 9.59 Å². The molecule has 0 saturated heterocycles. The summed E-state index contributed by atoms with van der Waals surface area (Å²) in [6.07, 6.45) is 1.87. The third-order valence-corrected chi connectivity index (χ3v) is 6.31. The highest BCUT2D eigenvalue weighted by Gasteiger charge is 2.26. The van der Waals surface area contributed by atoms with Crippen LogP contribution in [0.25, 0.3) is 0 Å². The number of phenolic OH excluding ortho intramolecular Hbond substituents is 1. The van der Waals surface area contributed by atoms with Crippen molar-refractivity contribution in [3.63, 3.8) is 0 Å². The minimum absolute atomic E-state index is 0.0399. The molecular formula is C27H38N2O3S. The number of carbonyl (C=O) groups is 2. The van der Waals surface area contributed by atoms with Crippen molar-refractivity contribution < 1.29 is 14.7 Å². The standard InChI is InChI=1S/C27H38N2O3S/c1-18(30)28-20-10-12-21(13-11-20)29-24(31)17-33-14-8-9-19-15-22(26(2,3)4)25(32)23(16-19)27(5,6)7/h10-13,15-16,32H,8-9,14,17H2,1-7H3,(H,28,30)(H,29,31). The molecule has 0 heterocycles. The Kier molecular flexibility index (Phi) is 9.01. The van der Waals surface area contributed by atoms with Crippen LogP contribution in [0.2, 0.25) is 0 Å². The molecule has 3 N–H and O–H groups in total. The number of thioether (sulfide) groups is 1. The number of carbonyl (C=O) groups excluding carboxylic acids is 2. The lowest BCUT2D eigenvalue weighted by Gasteiger charge is -2.28. The highest BCUT2D eigenvalue weighted by molar-refractivity contribution is 7.99. The molecule has 0 aliphatic carbocycles. The molecule has 0 radical (unpaired) electrons. The predicted molar refractivity (Wildman–Crippen MR) is 141 cm³/mol. The van der Waals surface area contributed by atoms with E-state index in [1.54, 1.807) is 36.0 Å². The van der Waals surface area contributed by atoms with Crippen molar-refractivity contribution in [2.24, 2.45) is 0 Å². The summed E-state index contributed by atoms with van der Waals surface area (Å²) in [6.45, 7) is 14.2. The van der Waals surface area contributed by atoms with Gasteiger partial charge < -0.3 is 15.7 Å². The Bertz CT molecular complexity index is 935. The van der Waals surface area contributed by atoms with E-state index in [0.717, 1.165) is 29.7 Å². The number of amides is 2. The molecule has 0 aliphatic heterocycles. The predicted octanol–water partition coefficient (Wildman–Crippen LogP) is 6.25. The van der Waals surface area contributed by atoms with Crippen molar-refractivity contribution in [2.45, 2.75) is 72.1 Å². The van der Waals surface area contributed by atoms with Gasteiger partial charge in [-0.15, -0.1) is 0 Å². The summed E-state index contributed by atoms with van der Waals surface area (Å²) in [6, 6.07) is 11.3. The monoisotopic (exact) mass is 470 g/mol. The molecule has 0 spiro atoms. The Morgan fingerprint density at radius 2 is 1.36 bits per heavy atom. The molecule has 33 heavy (non-hydrogen) atoms. The summed E-state index contributed by atoms with van der Waals surface area (Å²) in [5.74, 6) is 1.52. The summed E-state index contributed by atoms with van der Waals surface area (Å²) in [5.41, 5.74) is 4.35. The molecule has 2 amide bonds. The van der Waals surface area contributed by atoms with E-state index in [4.69, 9.17) is 0 Å². The fourth-order valence-corrected chi connectivity index (χ4v) is 4.31. The number of aryl methyl sites for hydroxylation is 1. The molecule has 2 rings (SSSR count). The lowest BCUT2D eigenvalue weighted by Crippen LogP contribution is -2.18. The Labute approximate surface area is 202 Å². The van der Waals surface area contributed by atoms with E-state index < -0.39 is 0 Å².